The number of rotatable bonds is 5. The molecule has 0 bridgehead atoms. The molecule has 0 aromatic heterocycles. The smallest absolute Gasteiger partial charge is 0.0294 e. The Morgan fingerprint density at radius 1 is 1.12 bits per heavy atom. The Kier molecular flexibility index (Phi) is 3.93. The maximum absolute atomic E-state index is 3.62. The summed E-state index contributed by atoms with van der Waals surface area (Å²) in [5.41, 5.74) is 1.40. The van der Waals surface area contributed by atoms with Gasteiger partial charge >= 0.3 is 0 Å². The summed E-state index contributed by atoms with van der Waals surface area (Å²) < 4.78 is 0. The van der Waals surface area contributed by atoms with Crippen molar-refractivity contribution in [2.24, 2.45) is 0 Å². The van der Waals surface area contributed by atoms with Crippen LogP contribution in [0.4, 0.5) is 0 Å². The van der Waals surface area contributed by atoms with E-state index >= 15 is 0 Å². The van der Waals surface area contributed by atoms with Crippen LogP contribution in [-0.2, 0) is 0 Å². The maximum Gasteiger partial charge on any atom is 0.0294 e. The third kappa shape index (κ3) is 3.53. The van der Waals surface area contributed by atoms with E-state index in [2.05, 4.69) is 50.4 Å². The van der Waals surface area contributed by atoms with Gasteiger partial charge in [0, 0.05) is 22.2 Å². The third-order valence-corrected chi connectivity index (χ3v) is 3.83. The summed E-state index contributed by atoms with van der Waals surface area (Å²) >= 11 is 1.92. The van der Waals surface area contributed by atoms with Crippen LogP contribution in [0.3, 0.4) is 0 Å². The molecule has 0 radical (unpaired) electrons. The Morgan fingerprint density at radius 2 is 1.75 bits per heavy atom. The average Bonchev–Trinajstić information content (AvgIpc) is 3.01. The van der Waals surface area contributed by atoms with Crippen molar-refractivity contribution in [2.75, 3.05) is 0 Å². The highest BCUT2D eigenvalue weighted by atomic mass is 32.2. The van der Waals surface area contributed by atoms with E-state index in [-0.39, 0.29) is 0 Å². The summed E-state index contributed by atoms with van der Waals surface area (Å²) in [5.74, 6) is 0. The Labute approximate surface area is 103 Å². The van der Waals surface area contributed by atoms with E-state index in [9.17, 15) is 0 Å². The molecule has 0 saturated heterocycles. The molecule has 88 valence electrons. The molecule has 1 fully saturated rings. The van der Waals surface area contributed by atoms with Gasteiger partial charge in [-0.25, -0.2) is 0 Å². The van der Waals surface area contributed by atoms with Gasteiger partial charge in [-0.15, -0.1) is 11.8 Å². The second-order valence-electron chi connectivity index (χ2n) is 4.90. The van der Waals surface area contributed by atoms with Gasteiger partial charge in [-0.05, 0) is 37.5 Å². The second kappa shape index (κ2) is 5.24. The van der Waals surface area contributed by atoms with Crippen LogP contribution < -0.4 is 5.32 Å². The lowest BCUT2D eigenvalue weighted by atomic mass is 10.1. The molecule has 1 N–H and O–H groups in total. The molecule has 2 heteroatoms. The van der Waals surface area contributed by atoms with Crippen LogP contribution in [-0.4, -0.2) is 11.3 Å². The van der Waals surface area contributed by atoms with Gasteiger partial charge in [0.15, 0.2) is 0 Å². The molecule has 1 aromatic rings. The summed E-state index contributed by atoms with van der Waals surface area (Å²) in [6.07, 6.45) is 2.71. The first-order valence-corrected chi connectivity index (χ1v) is 7.06. The molecule has 1 unspecified atom stereocenters. The summed E-state index contributed by atoms with van der Waals surface area (Å²) in [5, 5.41) is 4.28. The normalized spacial score (nSPS) is 17.8. The summed E-state index contributed by atoms with van der Waals surface area (Å²) in [6, 6.07) is 10.3. The average molecular weight is 235 g/mol. The Balaban J connectivity index is 1.94. The van der Waals surface area contributed by atoms with Gasteiger partial charge in [0.05, 0.1) is 0 Å². The van der Waals surface area contributed by atoms with E-state index in [4.69, 9.17) is 0 Å². The topological polar surface area (TPSA) is 12.0 Å². The van der Waals surface area contributed by atoms with Crippen LogP contribution in [0.5, 0.6) is 0 Å². The van der Waals surface area contributed by atoms with E-state index in [0.29, 0.717) is 11.3 Å². The van der Waals surface area contributed by atoms with Crippen LogP contribution >= 0.6 is 11.8 Å². The van der Waals surface area contributed by atoms with E-state index in [0.717, 1.165) is 6.04 Å². The number of nitrogens with one attached hydrogen (secondary N) is 1. The lowest BCUT2D eigenvalue weighted by molar-refractivity contribution is 0.571. The molecule has 1 aliphatic carbocycles. The van der Waals surface area contributed by atoms with Crippen LogP contribution in [0.1, 0.15) is 45.2 Å². The van der Waals surface area contributed by atoms with Crippen LogP contribution in [0.2, 0.25) is 0 Å². The number of hydrogen-bond acceptors (Lipinski definition) is 2. The Bertz CT molecular complexity index is 327. The highest BCUT2D eigenvalue weighted by molar-refractivity contribution is 7.99. The predicted octanol–water partition coefficient (Wildman–Crippen LogP) is 4.00. The summed E-state index contributed by atoms with van der Waals surface area (Å²) in [6.45, 7) is 6.72. The lowest BCUT2D eigenvalue weighted by Crippen LogP contribution is -2.20. The second-order valence-corrected chi connectivity index (χ2v) is 6.55. The number of benzene rings is 1. The van der Waals surface area contributed by atoms with Crippen molar-refractivity contribution in [1.82, 2.24) is 5.32 Å². The molecule has 16 heavy (non-hydrogen) atoms. The molecular formula is C14H21NS. The Hall–Kier alpha value is -0.470. The van der Waals surface area contributed by atoms with Crippen LogP contribution in [0, 0.1) is 0 Å². The first-order valence-electron chi connectivity index (χ1n) is 6.18. The molecule has 2 rings (SSSR count). The minimum absolute atomic E-state index is 0.491. The monoisotopic (exact) mass is 235 g/mol. The molecule has 1 aromatic carbocycles. The zero-order valence-electron chi connectivity index (χ0n) is 10.4. The fourth-order valence-electron chi connectivity index (χ4n) is 1.81. The van der Waals surface area contributed by atoms with Crippen LogP contribution in [0.25, 0.3) is 0 Å². The van der Waals surface area contributed by atoms with Crippen molar-refractivity contribution in [3.63, 3.8) is 0 Å². The van der Waals surface area contributed by atoms with Gasteiger partial charge in [-0.2, -0.15) is 0 Å². The number of thioether (sulfide) groups is 1. The van der Waals surface area contributed by atoms with Crippen molar-refractivity contribution < 1.29 is 0 Å². The van der Waals surface area contributed by atoms with Gasteiger partial charge in [0.1, 0.15) is 0 Å². The van der Waals surface area contributed by atoms with E-state index in [1.807, 2.05) is 11.8 Å². The summed E-state index contributed by atoms with van der Waals surface area (Å²) in [4.78, 5) is 1.37. The van der Waals surface area contributed by atoms with E-state index in [1.165, 1.54) is 23.3 Å². The zero-order valence-corrected chi connectivity index (χ0v) is 11.2. The first-order chi connectivity index (χ1) is 7.65. The molecule has 1 saturated carbocycles. The van der Waals surface area contributed by atoms with Gasteiger partial charge < -0.3 is 5.32 Å². The van der Waals surface area contributed by atoms with E-state index in [1.54, 1.807) is 0 Å². The first kappa shape index (κ1) is 12.0. The van der Waals surface area contributed by atoms with Crippen molar-refractivity contribution in [3.05, 3.63) is 29.8 Å². The quantitative estimate of drug-likeness (QED) is 0.774. The molecule has 1 atom stereocenters. The number of hydrogen-bond donors (Lipinski definition) is 1. The van der Waals surface area contributed by atoms with Crippen molar-refractivity contribution in [1.29, 1.82) is 0 Å². The summed E-state index contributed by atoms with van der Waals surface area (Å²) in [7, 11) is 0. The highest BCUT2D eigenvalue weighted by Gasteiger charge is 2.23. The largest absolute Gasteiger partial charge is 0.307 e. The van der Waals surface area contributed by atoms with Crippen molar-refractivity contribution >= 4 is 11.8 Å². The maximum atomic E-state index is 3.62. The highest BCUT2D eigenvalue weighted by Crippen LogP contribution is 2.27. The molecule has 1 nitrogen and oxygen atoms in total. The molecular weight excluding hydrogens is 214 g/mol. The van der Waals surface area contributed by atoms with Gasteiger partial charge in [0.25, 0.3) is 0 Å². The van der Waals surface area contributed by atoms with Gasteiger partial charge in [-0.3, -0.25) is 0 Å². The molecule has 1 aliphatic rings. The molecule has 0 amide bonds. The van der Waals surface area contributed by atoms with Gasteiger partial charge in [0.2, 0.25) is 0 Å². The molecule has 0 heterocycles. The SMILES string of the molecule is CC(C)Sc1ccc(C(C)NC2CC2)cc1. The standard InChI is InChI=1S/C14H21NS/c1-10(2)16-14-8-4-12(5-9-14)11(3)15-13-6-7-13/h4-5,8-11,13,15H,6-7H2,1-3H3. The minimum atomic E-state index is 0.491. The van der Waals surface area contributed by atoms with Crippen molar-refractivity contribution in [3.8, 4) is 0 Å². The lowest BCUT2D eigenvalue weighted by Gasteiger charge is -2.14. The molecule has 0 spiro atoms. The fourth-order valence-corrected chi connectivity index (χ4v) is 2.64. The molecule has 0 aliphatic heterocycles. The van der Waals surface area contributed by atoms with Crippen LogP contribution in [0.15, 0.2) is 29.2 Å². The minimum Gasteiger partial charge on any atom is -0.307 e. The van der Waals surface area contributed by atoms with Crippen molar-refractivity contribution in [2.45, 2.75) is 55.8 Å². The van der Waals surface area contributed by atoms with Gasteiger partial charge in [-0.1, -0.05) is 26.0 Å². The Morgan fingerprint density at radius 3 is 2.25 bits per heavy atom. The zero-order chi connectivity index (χ0) is 11.5. The fraction of sp³-hybridized carbons (Fsp3) is 0.571. The predicted molar refractivity (Wildman–Crippen MR) is 72.0 cm³/mol. The van der Waals surface area contributed by atoms with E-state index < -0.39 is 0 Å². The third-order valence-electron chi connectivity index (χ3n) is 2.81.